The fraction of sp³-hybridized carbons (Fsp3) is 0.407. The van der Waals surface area contributed by atoms with Crippen molar-refractivity contribution in [2.45, 2.75) is 38.8 Å². The Bertz CT molecular complexity index is 1680. The number of benzene rings is 1. The van der Waals surface area contributed by atoms with Crippen LogP contribution in [0, 0.1) is 17.0 Å². The number of hydrogen-bond donors (Lipinski definition) is 0. The van der Waals surface area contributed by atoms with Gasteiger partial charge >= 0.3 is 17.7 Å². The predicted molar refractivity (Wildman–Crippen MR) is 149 cm³/mol. The number of nitro groups is 1. The highest BCUT2D eigenvalue weighted by Crippen LogP contribution is 2.34. The lowest BCUT2D eigenvalue weighted by molar-refractivity contribution is -0.396. The summed E-state index contributed by atoms with van der Waals surface area (Å²) in [5.74, 6) is 0.480. The first kappa shape index (κ1) is 27.8. The maximum Gasteiger partial charge on any atom is 0.434 e. The number of ether oxygens (including phenoxy) is 3. The molecule has 5 rings (SSSR count). The van der Waals surface area contributed by atoms with Gasteiger partial charge in [0.1, 0.15) is 17.8 Å². The highest BCUT2D eigenvalue weighted by molar-refractivity contribution is 5.97. The maximum absolute atomic E-state index is 13.9. The SMILES string of the molecule is COc1ccc(N(C(=O)OC(C)c2cnc([N+](=O)[O-])n2C)c2cc3c(cn2)n(C)c(=O)n3C2CCOCC2)c(C)c1. The Morgan fingerprint density at radius 1 is 1.15 bits per heavy atom. The van der Waals surface area contributed by atoms with Gasteiger partial charge in [0.25, 0.3) is 0 Å². The Hall–Kier alpha value is -4.72. The number of amides is 1. The molecule has 1 atom stereocenters. The van der Waals surface area contributed by atoms with Crippen LogP contribution in [0.5, 0.6) is 5.75 Å². The van der Waals surface area contributed by atoms with Crippen molar-refractivity contribution < 1.29 is 23.9 Å². The molecule has 0 radical (unpaired) electrons. The molecule has 1 amide bonds. The van der Waals surface area contributed by atoms with E-state index in [0.717, 1.165) is 0 Å². The summed E-state index contributed by atoms with van der Waals surface area (Å²) < 4.78 is 21.2. The first-order valence-corrected chi connectivity index (χ1v) is 13.1. The summed E-state index contributed by atoms with van der Waals surface area (Å²) in [6.07, 6.45) is 2.60. The quantitative estimate of drug-likeness (QED) is 0.239. The van der Waals surface area contributed by atoms with E-state index in [1.54, 1.807) is 60.7 Å². The summed E-state index contributed by atoms with van der Waals surface area (Å²) in [4.78, 5) is 47.5. The molecule has 0 N–H and O–H groups in total. The van der Waals surface area contributed by atoms with Crippen LogP contribution in [-0.4, -0.2) is 55.0 Å². The van der Waals surface area contributed by atoms with E-state index < -0.39 is 17.1 Å². The van der Waals surface area contributed by atoms with Crippen molar-refractivity contribution in [3.8, 4) is 5.75 Å². The number of rotatable bonds is 7. The van der Waals surface area contributed by atoms with Gasteiger partial charge in [0, 0.05) is 32.4 Å². The summed E-state index contributed by atoms with van der Waals surface area (Å²) in [5.41, 5.74) is 2.63. The molecule has 41 heavy (non-hydrogen) atoms. The van der Waals surface area contributed by atoms with E-state index in [9.17, 15) is 19.7 Å². The molecule has 1 unspecified atom stereocenters. The second-order valence-electron chi connectivity index (χ2n) is 9.90. The molecule has 1 aliphatic heterocycles. The van der Waals surface area contributed by atoms with Gasteiger partial charge in [0.15, 0.2) is 11.8 Å². The van der Waals surface area contributed by atoms with Crippen molar-refractivity contribution in [3.05, 3.63) is 68.5 Å². The van der Waals surface area contributed by atoms with Crippen molar-refractivity contribution in [3.63, 3.8) is 0 Å². The van der Waals surface area contributed by atoms with Crippen molar-refractivity contribution in [2.24, 2.45) is 14.1 Å². The molecule has 1 aromatic carbocycles. The molecule has 1 fully saturated rings. The van der Waals surface area contributed by atoms with Crippen LogP contribution in [0.25, 0.3) is 11.0 Å². The predicted octanol–water partition coefficient (Wildman–Crippen LogP) is 4.08. The molecule has 1 saturated heterocycles. The van der Waals surface area contributed by atoms with Crippen LogP contribution in [0.3, 0.4) is 0 Å². The summed E-state index contributed by atoms with van der Waals surface area (Å²) >= 11 is 0. The topological polar surface area (TPSA) is 149 Å². The van der Waals surface area contributed by atoms with Crippen LogP contribution >= 0.6 is 0 Å². The first-order chi connectivity index (χ1) is 19.6. The van der Waals surface area contributed by atoms with E-state index in [1.165, 1.54) is 22.7 Å². The first-order valence-electron chi connectivity index (χ1n) is 13.1. The average molecular weight is 566 g/mol. The van der Waals surface area contributed by atoms with Crippen molar-refractivity contribution >= 4 is 34.6 Å². The lowest BCUT2D eigenvalue weighted by Gasteiger charge is -2.26. The lowest BCUT2D eigenvalue weighted by Crippen LogP contribution is -2.30. The summed E-state index contributed by atoms with van der Waals surface area (Å²) in [6, 6.07) is 6.87. The van der Waals surface area contributed by atoms with Crippen LogP contribution in [0.1, 0.15) is 43.2 Å². The van der Waals surface area contributed by atoms with Crippen LogP contribution in [0.4, 0.5) is 22.2 Å². The number of fused-ring (bicyclic) bond motifs is 1. The number of aryl methyl sites for hydroxylation is 2. The van der Waals surface area contributed by atoms with E-state index in [-0.39, 0.29) is 23.5 Å². The molecular weight excluding hydrogens is 534 g/mol. The number of nitrogens with zero attached hydrogens (tertiary/aromatic N) is 7. The number of imidazole rings is 2. The van der Waals surface area contributed by atoms with Gasteiger partial charge in [-0.3, -0.25) is 9.13 Å². The number of pyridine rings is 1. The zero-order chi connectivity index (χ0) is 29.4. The molecule has 1 aliphatic rings. The van der Waals surface area contributed by atoms with E-state index in [1.807, 2.05) is 6.92 Å². The zero-order valence-corrected chi connectivity index (χ0v) is 23.4. The highest BCUT2D eigenvalue weighted by atomic mass is 16.6. The fourth-order valence-electron chi connectivity index (χ4n) is 5.21. The van der Waals surface area contributed by atoms with Gasteiger partial charge in [-0.2, -0.15) is 0 Å². The monoisotopic (exact) mass is 565 g/mol. The van der Waals surface area contributed by atoms with Gasteiger partial charge in [0.2, 0.25) is 0 Å². The Kier molecular flexibility index (Phi) is 7.49. The third-order valence-corrected chi connectivity index (χ3v) is 7.43. The normalized spacial score (nSPS) is 14.7. The van der Waals surface area contributed by atoms with Gasteiger partial charge in [-0.15, -0.1) is 0 Å². The van der Waals surface area contributed by atoms with E-state index in [0.29, 0.717) is 59.8 Å². The van der Waals surface area contributed by atoms with Crippen LogP contribution < -0.4 is 15.3 Å². The second-order valence-corrected chi connectivity index (χ2v) is 9.90. The number of hydrogen-bond acceptors (Lipinski definition) is 9. The summed E-state index contributed by atoms with van der Waals surface area (Å²) in [7, 11) is 4.72. The Labute approximate surface area is 234 Å². The zero-order valence-electron chi connectivity index (χ0n) is 23.4. The Morgan fingerprint density at radius 3 is 2.51 bits per heavy atom. The molecule has 4 heterocycles. The molecule has 216 valence electrons. The molecule has 3 aromatic heterocycles. The van der Waals surface area contributed by atoms with Crippen LogP contribution in [0.2, 0.25) is 0 Å². The van der Waals surface area contributed by atoms with Crippen LogP contribution in [-0.2, 0) is 23.6 Å². The maximum atomic E-state index is 13.9. The molecule has 4 aromatic rings. The Balaban J connectivity index is 1.60. The molecule has 0 aliphatic carbocycles. The minimum atomic E-state index is -0.879. The minimum absolute atomic E-state index is 0.0565. The number of carbonyl (C=O) groups excluding carboxylic acids is 1. The second kappa shape index (κ2) is 11.0. The smallest absolute Gasteiger partial charge is 0.434 e. The van der Waals surface area contributed by atoms with E-state index in [2.05, 4.69) is 9.97 Å². The average Bonchev–Trinajstić information content (AvgIpc) is 3.46. The molecule has 0 spiro atoms. The Morgan fingerprint density at radius 2 is 1.88 bits per heavy atom. The van der Waals surface area contributed by atoms with Gasteiger partial charge in [0.05, 0.1) is 37.1 Å². The summed E-state index contributed by atoms with van der Waals surface area (Å²) in [6.45, 7) is 4.54. The standard InChI is InChI=1S/C27H31N7O7/c1-16-12-19(39-5)6-7-20(16)33(27(36)41-17(2)22-14-29-25(30(22)3)34(37)38)24-13-21-23(15-28-24)31(4)26(35)32(21)18-8-10-40-11-9-18/h6-7,12-15,17-18H,8-11H2,1-5H3. The molecule has 14 nitrogen and oxygen atoms in total. The third-order valence-electron chi connectivity index (χ3n) is 7.43. The number of methoxy groups -OCH3 is 1. The van der Waals surface area contributed by atoms with Gasteiger partial charge in [-0.25, -0.2) is 24.0 Å². The summed E-state index contributed by atoms with van der Waals surface area (Å²) in [5, 5.41) is 11.3. The molecular formula is C27H31N7O7. The fourth-order valence-corrected chi connectivity index (χ4v) is 5.21. The number of carbonyl (C=O) groups is 1. The number of aromatic nitrogens is 5. The van der Waals surface area contributed by atoms with Crippen molar-refractivity contribution in [2.75, 3.05) is 25.2 Å². The molecule has 0 bridgehead atoms. The van der Waals surface area contributed by atoms with E-state index in [4.69, 9.17) is 14.2 Å². The van der Waals surface area contributed by atoms with Crippen molar-refractivity contribution in [1.82, 2.24) is 23.7 Å². The van der Waals surface area contributed by atoms with Gasteiger partial charge in [-0.05, 0) is 55.4 Å². The van der Waals surface area contributed by atoms with Crippen molar-refractivity contribution in [1.29, 1.82) is 0 Å². The molecule has 14 heteroatoms. The minimum Gasteiger partial charge on any atom is -0.497 e. The van der Waals surface area contributed by atoms with Gasteiger partial charge < -0.3 is 24.3 Å². The molecule has 0 saturated carbocycles. The lowest BCUT2D eigenvalue weighted by atomic mass is 10.1. The van der Waals surface area contributed by atoms with E-state index >= 15 is 0 Å². The third kappa shape index (κ3) is 5.01. The largest absolute Gasteiger partial charge is 0.497 e. The number of anilines is 2. The highest BCUT2D eigenvalue weighted by Gasteiger charge is 2.30. The van der Waals surface area contributed by atoms with Gasteiger partial charge in [-0.1, -0.05) is 4.98 Å². The van der Waals surface area contributed by atoms with Crippen LogP contribution in [0.15, 0.2) is 41.5 Å².